The van der Waals surface area contributed by atoms with E-state index in [4.69, 9.17) is 4.98 Å². The zero-order valence-electron chi connectivity index (χ0n) is 14.5. The van der Waals surface area contributed by atoms with Crippen LogP contribution in [0, 0.1) is 13.8 Å². The maximum absolute atomic E-state index is 11.9. The van der Waals surface area contributed by atoms with Crippen molar-refractivity contribution in [3.05, 3.63) is 29.1 Å². The molecule has 2 aromatic rings. The third-order valence-corrected chi connectivity index (χ3v) is 5.35. The molecule has 1 aliphatic carbocycles. The van der Waals surface area contributed by atoms with Gasteiger partial charge < -0.3 is 9.67 Å². The molecular formula is C19H26N2O2. The molecule has 0 bridgehead atoms. The monoisotopic (exact) mass is 314 g/mol. The van der Waals surface area contributed by atoms with Gasteiger partial charge in [-0.15, -0.1) is 0 Å². The molecule has 0 amide bonds. The molecule has 0 atom stereocenters. The number of aryl methyl sites for hydroxylation is 2. The molecule has 0 radical (unpaired) electrons. The number of rotatable bonds is 3. The molecule has 1 heterocycles. The molecule has 124 valence electrons. The number of imidazole rings is 1. The van der Waals surface area contributed by atoms with Crippen LogP contribution in [0.2, 0.25) is 0 Å². The van der Waals surface area contributed by atoms with E-state index in [2.05, 4.69) is 26.0 Å². The fraction of sp³-hybridized carbons (Fsp3) is 0.579. The van der Waals surface area contributed by atoms with Crippen LogP contribution in [0.25, 0.3) is 11.0 Å². The van der Waals surface area contributed by atoms with E-state index in [1.54, 1.807) is 13.8 Å². The summed E-state index contributed by atoms with van der Waals surface area (Å²) in [5.74, 6) is 0.513. The molecule has 1 N–H and O–H groups in total. The number of aliphatic carboxylic acids is 1. The maximum atomic E-state index is 11.9. The predicted molar refractivity (Wildman–Crippen MR) is 92.0 cm³/mol. The summed E-state index contributed by atoms with van der Waals surface area (Å²) in [7, 11) is 0. The lowest BCUT2D eigenvalue weighted by atomic mass is 9.88. The van der Waals surface area contributed by atoms with Gasteiger partial charge in [0, 0.05) is 5.92 Å². The molecule has 4 nitrogen and oxygen atoms in total. The van der Waals surface area contributed by atoms with E-state index in [9.17, 15) is 9.90 Å². The Kier molecular flexibility index (Phi) is 3.95. The molecule has 23 heavy (non-hydrogen) atoms. The van der Waals surface area contributed by atoms with Gasteiger partial charge in [0.1, 0.15) is 11.4 Å². The van der Waals surface area contributed by atoms with E-state index in [1.165, 1.54) is 30.4 Å². The fourth-order valence-corrected chi connectivity index (χ4v) is 3.67. The van der Waals surface area contributed by atoms with Gasteiger partial charge in [-0.25, -0.2) is 9.78 Å². The van der Waals surface area contributed by atoms with Crippen LogP contribution in [0.1, 0.15) is 68.8 Å². The fourth-order valence-electron chi connectivity index (χ4n) is 3.67. The molecule has 1 fully saturated rings. The van der Waals surface area contributed by atoms with Crippen molar-refractivity contribution in [2.24, 2.45) is 0 Å². The minimum Gasteiger partial charge on any atom is -0.480 e. The highest BCUT2D eigenvalue weighted by molar-refractivity contribution is 5.83. The van der Waals surface area contributed by atoms with E-state index in [0.29, 0.717) is 5.92 Å². The van der Waals surface area contributed by atoms with Gasteiger partial charge in [0.15, 0.2) is 0 Å². The summed E-state index contributed by atoms with van der Waals surface area (Å²) < 4.78 is 1.98. The third-order valence-electron chi connectivity index (χ3n) is 5.35. The first-order chi connectivity index (χ1) is 10.8. The first-order valence-electron chi connectivity index (χ1n) is 8.56. The van der Waals surface area contributed by atoms with Crippen molar-refractivity contribution in [2.75, 3.05) is 0 Å². The highest BCUT2D eigenvalue weighted by atomic mass is 16.4. The molecule has 1 aromatic heterocycles. The van der Waals surface area contributed by atoms with Crippen LogP contribution < -0.4 is 0 Å². The lowest BCUT2D eigenvalue weighted by Crippen LogP contribution is -2.37. The highest BCUT2D eigenvalue weighted by Gasteiger charge is 2.35. The van der Waals surface area contributed by atoms with E-state index in [0.717, 1.165) is 29.7 Å². The van der Waals surface area contributed by atoms with Crippen molar-refractivity contribution < 1.29 is 9.90 Å². The number of fused-ring (bicyclic) bond motifs is 1. The highest BCUT2D eigenvalue weighted by Crippen LogP contribution is 2.37. The van der Waals surface area contributed by atoms with E-state index >= 15 is 0 Å². The first-order valence-corrected chi connectivity index (χ1v) is 8.56. The van der Waals surface area contributed by atoms with Gasteiger partial charge in [-0.1, -0.05) is 19.3 Å². The second kappa shape index (κ2) is 5.66. The van der Waals surface area contributed by atoms with Crippen LogP contribution in [0.4, 0.5) is 0 Å². The smallest absolute Gasteiger partial charge is 0.329 e. The van der Waals surface area contributed by atoms with Gasteiger partial charge >= 0.3 is 5.97 Å². The first kappa shape index (κ1) is 16.0. The average molecular weight is 314 g/mol. The van der Waals surface area contributed by atoms with E-state index in [-0.39, 0.29) is 0 Å². The van der Waals surface area contributed by atoms with Crippen molar-refractivity contribution in [3.8, 4) is 0 Å². The summed E-state index contributed by atoms with van der Waals surface area (Å²) in [5.41, 5.74) is 3.24. The largest absolute Gasteiger partial charge is 0.480 e. The van der Waals surface area contributed by atoms with Crippen LogP contribution in [0.15, 0.2) is 12.1 Å². The Balaban J connectivity index is 2.27. The van der Waals surface area contributed by atoms with Gasteiger partial charge in [0.2, 0.25) is 0 Å². The molecule has 0 unspecified atom stereocenters. The molecule has 0 saturated heterocycles. The Morgan fingerprint density at radius 3 is 2.39 bits per heavy atom. The lowest BCUT2D eigenvalue weighted by Gasteiger charge is -2.29. The van der Waals surface area contributed by atoms with Crippen molar-refractivity contribution >= 4 is 17.0 Å². The standard InChI is InChI=1S/C19H26N2O2/c1-12-10-15-16(11-13(12)2)21(19(3,4)18(22)23)17(20-15)14-8-6-5-7-9-14/h10-11,14H,5-9H2,1-4H3,(H,22,23). The van der Waals surface area contributed by atoms with Gasteiger partial charge in [0.05, 0.1) is 11.0 Å². The minimum atomic E-state index is -0.997. The zero-order chi connectivity index (χ0) is 16.8. The molecular weight excluding hydrogens is 288 g/mol. The molecule has 1 aromatic carbocycles. The number of aromatic nitrogens is 2. The maximum Gasteiger partial charge on any atom is 0.329 e. The van der Waals surface area contributed by atoms with Crippen LogP contribution in [-0.2, 0) is 10.3 Å². The van der Waals surface area contributed by atoms with Crippen molar-refractivity contribution in [3.63, 3.8) is 0 Å². The number of nitrogens with zero attached hydrogens (tertiary/aromatic N) is 2. The summed E-state index contributed by atoms with van der Waals surface area (Å²) in [6, 6.07) is 4.18. The zero-order valence-corrected chi connectivity index (χ0v) is 14.5. The topological polar surface area (TPSA) is 55.1 Å². The Hall–Kier alpha value is -1.84. The van der Waals surface area contributed by atoms with E-state index in [1.807, 2.05) is 4.57 Å². The van der Waals surface area contributed by atoms with Gasteiger partial charge in [-0.3, -0.25) is 0 Å². The SMILES string of the molecule is Cc1cc2nc(C3CCCCC3)n(C(C)(C)C(=O)O)c2cc1C. The second-order valence-corrected chi connectivity index (χ2v) is 7.43. The normalized spacial score (nSPS) is 16.9. The summed E-state index contributed by atoms with van der Waals surface area (Å²) in [6.45, 7) is 7.70. The quantitative estimate of drug-likeness (QED) is 0.906. The van der Waals surface area contributed by atoms with Crippen LogP contribution in [0.3, 0.4) is 0 Å². The molecule has 0 aliphatic heterocycles. The molecule has 1 aliphatic rings. The number of carbonyl (C=O) groups is 1. The Morgan fingerprint density at radius 1 is 1.17 bits per heavy atom. The molecule has 4 heteroatoms. The van der Waals surface area contributed by atoms with Crippen molar-refractivity contribution in [1.82, 2.24) is 9.55 Å². The molecule has 1 saturated carbocycles. The molecule has 3 rings (SSSR count). The number of benzene rings is 1. The van der Waals surface area contributed by atoms with E-state index < -0.39 is 11.5 Å². The number of hydrogen-bond donors (Lipinski definition) is 1. The number of hydrogen-bond acceptors (Lipinski definition) is 2. The molecule has 0 spiro atoms. The predicted octanol–water partition coefficient (Wildman–Crippen LogP) is 4.52. The third kappa shape index (κ3) is 2.64. The summed E-state index contributed by atoms with van der Waals surface area (Å²) in [5, 5.41) is 9.77. The Bertz CT molecular complexity index is 752. The minimum absolute atomic E-state index is 0.371. The number of carboxylic acids is 1. The van der Waals surface area contributed by atoms with Crippen molar-refractivity contribution in [2.45, 2.75) is 71.3 Å². The van der Waals surface area contributed by atoms with Crippen molar-refractivity contribution in [1.29, 1.82) is 0 Å². The van der Waals surface area contributed by atoms with Gasteiger partial charge in [-0.05, 0) is 63.8 Å². The van der Waals surface area contributed by atoms with Gasteiger partial charge in [-0.2, -0.15) is 0 Å². The Labute approximate surface area is 137 Å². The van der Waals surface area contributed by atoms with Crippen LogP contribution >= 0.6 is 0 Å². The summed E-state index contributed by atoms with van der Waals surface area (Å²) >= 11 is 0. The average Bonchev–Trinajstić information content (AvgIpc) is 2.87. The lowest BCUT2D eigenvalue weighted by molar-refractivity contribution is -0.145. The summed E-state index contributed by atoms with van der Waals surface area (Å²) in [6.07, 6.45) is 5.91. The van der Waals surface area contributed by atoms with Gasteiger partial charge in [0.25, 0.3) is 0 Å². The van der Waals surface area contributed by atoms with Crippen LogP contribution in [-0.4, -0.2) is 20.6 Å². The summed E-state index contributed by atoms with van der Waals surface area (Å²) in [4.78, 5) is 16.8. The van der Waals surface area contributed by atoms with Crippen LogP contribution in [0.5, 0.6) is 0 Å². The second-order valence-electron chi connectivity index (χ2n) is 7.43. The Morgan fingerprint density at radius 2 is 1.78 bits per heavy atom. The number of carboxylic acid groups (broad SMARTS) is 1.